The van der Waals surface area contributed by atoms with Crippen LogP contribution in [0, 0.1) is 0 Å². The van der Waals surface area contributed by atoms with Crippen molar-refractivity contribution in [2.75, 3.05) is 26.0 Å². The lowest BCUT2D eigenvalue weighted by Gasteiger charge is -2.12. The lowest BCUT2D eigenvalue weighted by Crippen LogP contribution is -2.23. The van der Waals surface area contributed by atoms with Gasteiger partial charge in [0.2, 0.25) is 10.0 Å². The summed E-state index contributed by atoms with van der Waals surface area (Å²) in [5, 5.41) is 3.46. The Morgan fingerprint density at radius 3 is 2.54 bits per heavy atom. The molecule has 0 saturated carbocycles. The average molecular weight is 418 g/mol. The molecule has 0 aliphatic carbocycles. The van der Waals surface area contributed by atoms with Crippen LogP contribution in [0.3, 0.4) is 0 Å². The molecule has 28 heavy (non-hydrogen) atoms. The summed E-state index contributed by atoms with van der Waals surface area (Å²) in [4.78, 5) is 24.7. The van der Waals surface area contributed by atoms with Crippen molar-refractivity contribution in [1.29, 1.82) is 0 Å². The topological polar surface area (TPSA) is 92.8 Å². The first-order chi connectivity index (χ1) is 13.3. The number of anilines is 1. The lowest BCUT2D eigenvalue weighted by atomic mass is 10.2. The Morgan fingerprint density at radius 1 is 1.07 bits per heavy atom. The van der Waals surface area contributed by atoms with Gasteiger partial charge in [-0.25, -0.2) is 17.5 Å². The molecule has 2 aromatic carbocycles. The van der Waals surface area contributed by atoms with Crippen molar-refractivity contribution in [3.63, 3.8) is 0 Å². The summed E-state index contributed by atoms with van der Waals surface area (Å²) in [6.45, 7) is -0.474. The second-order valence-electron chi connectivity index (χ2n) is 6.09. The lowest BCUT2D eigenvalue weighted by molar-refractivity contribution is -0.119. The molecule has 1 heterocycles. The second-order valence-corrected chi connectivity index (χ2v) is 9.32. The first-order valence-corrected chi connectivity index (χ1v) is 10.5. The number of sulfonamides is 1. The summed E-state index contributed by atoms with van der Waals surface area (Å²) < 4.78 is 31.4. The SMILES string of the molecule is CN(C)S(=O)(=O)c1cccc(NC(=O)COC(=O)c2cc3ccccc3s2)c1. The molecule has 7 nitrogen and oxygen atoms in total. The van der Waals surface area contributed by atoms with E-state index >= 15 is 0 Å². The maximum Gasteiger partial charge on any atom is 0.348 e. The van der Waals surface area contributed by atoms with Crippen LogP contribution in [0.15, 0.2) is 59.5 Å². The summed E-state index contributed by atoms with van der Waals surface area (Å²) >= 11 is 1.29. The predicted molar refractivity (Wildman–Crippen MR) is 108 cm³/mol. The van der Waals surface area contributed by atoms with Crippen molar-refractivity contribution in [3.05, 3.63) is 59.5 Å². The van der Waals surface area contributed by atoms with Gasteiger partial charge >= 0.3 is 5.97 Å². The number of nitrogens with one attached hydrogen (secondary N) is 1. The molecule has 0 bridgehead atoms. The molecule has 1 aromatic heterocycles. The number of nitrogens with zero attached hydrogens (tertiary/aromatic N) is 1. The van der Waals surface area contributed by atoms with Gasteiger partial charge in [0.05, 0.1) is 4.90 Å². The maximum absolute atomic E-state index is 12.2. The molecule has 1 amide bonds. The molecule has 0 atom stereocenters. The number of amides is 1. The smallest absolute Gasteiger partial charge is 0.348 e. The van der Waals surface area contributed by atoms with Gasteiger partial charge in [-0.2, -0.15) is 0 Å². The van der Waals surface area contributed by atoms with E-state index in [1.807, 2.05) is 24.3 Å². The third kappa shape index (κ3) is 4.38. The third-order valence-corrected chi connectivity index (χ3v) is 6.76. The van der Waals surface area contributed by atoms with Gasteiger partial charge < -0.3 is 10.1 Å². The number of hydrogen-bond donors (Lipinski definition) is 1. The number of benzene rings is 2. The third-order valence-electron chi connectivity index (χ3n) is 3.86. The first-order valence-electron chi connectivity index (χ1n) is 8.25. The summed E-state index contributed by atoms with van der Waals surface area (Å²) in [5.74, 6) is -1.14. The van der Waals surface area contributed by atoms with Crippen LogP contribution in [0.1, 0.15) is 9.67 Å². The van der Waals surface area contributed by atoms with E-state index in [9.17, 15) is 18.0 Å². The van der Waals surface area contributed by atoms with Gasteiger partial charge in [-0.15, -0.1) is 11.3 Å². The fourth-order valence-corrected chi connectivity index (χ4v) is 4.33. The molecule has 0 spiro atoms. The van der Waals surface area contributed by atoms with Crippen molar-refractivity contribution >= 4 is 49.0 Å². The molecular formula is C19H18N2O5S2. The minimum Gasteiger partial charge on any atom is -0.451 e. The van der Waals surface area contributed by atoms with Crippen molar-refractivity contribution in [2.24, 2.45) is 0 Å². The van der Waals surface area contributed by atoms with Crippen LogP contribution in [0.5, 0.6) is 0 Å². The first kappa shape index (κ1) is 20.0. The summed E-state index contributed by atoms with van der Waals surface area (Å²) in [5.41, 5.74) is 0.297. The predicted octanol–water partition coefficient (Wildman–Crippen LogP) is 2.95. The van der Waals surface area contributed by atoms with Gasteiger partial charge in [0.15, 0.2) is 6.61 Å². The number of rotatable bonds is 6. The highest BCUT2D eigenvalue weighted by atomic mass is 32.2. The Balaban J connectivity index is 1.62. The van der Waals surface area contributed by atoms with Crippen LogP contribution in [0.4, 0.5) is 5.69 Å². The normalized spacial score (nSPS) is 11.5. The van der Waals surface area contributed by atoms with Crippen LogP contribution in [0.2, 0.25) is 0 Å². The largest absolute Gasteiger partial charge is 0.451 e. The molecule has 0 fully saturated rings. The Labute approximate surface area is 166 Å². The number of carbonyl (C=O) groups excluding carboxylic acids is 2. The van der Waals surface area contributed by atoms with Crippen molar-refractivity contribution in [3.8, 4) is 0 Å². The van der Waals surface area contributed by atoms with Crippen LogP contribution < -0.4 is 5.32 Å². The molecule has 0 aliphatic rings. The van der Waals surface area contributed by atoms with E-state index in [0.29, 0.717) is 10.6 Å². The van der Waals surface area contributed by atoms with Gasteiger partial charge in [0, 0.05) is 24.5 Å². The van der Waals surface area contributed by atoms with E-state index < -0.39 is 28.5 Å². The van der Waals surface area contributed by atoms with Crippen LogP contribution in [-0.4, -0.2) is 45.3 Å². The number of hydrogen-bond acceptors (Lipinski definition) is 6. The van der Waals surface area contributed by atoms with E-state index in [1.54, 1.807) is 12.1 Å². The number of carbonyl (C=O) groups is 2. The van der Waals surface area contributed by atoms with Crippen molar-refractivity contribution in [2.45, 2.75) is 4.90 Å². The second kappa shape index (κ2) is 8.09. The van der Waals surface area contributed by atoms with Crippen LogP contribution >= 0.6 is 11.3 Å². The number of esters is 1. The highest BCUT2D eigenvalue weighted by Crippen LogP contribution is 2.25. The minimum absolute atomic E-state index is 0.0533. The summed E-state index contributed by atoms with van der Waals surface area (Å²) in [6, 6.07) is 15.1. The number of ether oxygens (including phenoxy) is 1. The zero-order chi connectivity index (χ0) is 20.3. The fraction of sp³-hybridized carbons (Fsp3) is 0.158. The van der Waals surface area contributed by atoms with E-state index in [4.69, 9.17) is 4.74 Å². The molecule has 146 valence electrons. The van der Waals surface area contributed by atoms with Gasteiger partial charge in [0.25, 0.3) is 5.91 Å². The molecule has 0 aliphatic heterocycles. The van der Waals surface area contributed by atoms with Crippen LogP contribution in [-0.2, 0) is 19.6 Å². The maximum atomic E-state index is 12.2. The van der Waals surface area contributed by atoms with Crippen molar-refractivity contribution in [1.82, 2.24) is 4.31 Å². The van der Waals surface area contributed by atoms with E-state index in [2.05, 4.69) is 5.32 Å². The zero-order valence-corrected chi connectivity index (χ0v) is 16.8. The van der Waals surface area contributed by atoms with Crippen LogP contribution in [0.25, 0.3) is 10.1 Å². The molecule has 0 radical (unpaired) electrons. The standard InChI is InChI=1S/C19H18N2O5S2/c1-21(2)28(24,25)15-8-5-7-14(11-15)20-18(22)12-26-19(23)17-10-13-6-3-4-9-16(13)27-17/h3-11H,12H2,1-2H3,(H,20,22). The monoisotopic (exact) mass is 418 g/mol. The molecule has 0 saturated heterocycles. The minimum atomic E-state index is -3.61. The highest BCUT2D eigenvalue weighted by Gasteiger charge is 2.18. The van der Waals surface area contributed by atoms with Gasteiger partial charge in [-0.3, -0.25) is 4.79 Å². The van der Waals surface area contributed by atoms with E-state index in [1.165, 1.54) is 43.6 Å². The Bertz CT molecular complexity index is 1100. The Kier molecular flexibility index (Phi) is 5.78. The number of fused-ring (bicyclic) bond motifs is 1. The van der Waals surface area contributed by atoms with E-state index in [-0.39, 0.29) is 4.90 Å². The quantitative estimate of drug-likeness (QED) is 0.622. The molecule has 3 aromatic rings. The number of thiophene rings is 1. The molecule has 1 N–H and O–H groups in total. The van der Waals surface area contributed by atoms with Gasteiger partial charge in [0.1, 0.15) is 4.88 Å². The highest BCUT2D eigenvalue weighted by molar-refractivity contribution is 7.89. The van der Waals surface area contributed by atoms with Gasteiger partial charge in [-0.1, -0.05) is 24.3 Å². The Morgan fingerprint density at radius 2 is 1.82 bits per heavy atom. The zero-order valence-electron chi connectivity index (χ0n) is 15.2. The molecular weight excluding hydrogens is 400 g/mol. The average Bonchev–Trinajstić information content (AvgIpc) is 3.10. The molecule has 3 rings (SSSR count). The molecule has 0 unspecified atom stereocenters. The summed E-state index contributed by atoms with van der Waals surface area (Å²) in [7, 11) is -0.762. The Hall–Kier alpha value is -2.75. The van der Waals surface area contributed by atoms with Crippen molar-refractivity contribution < 1.29 is 22.7 Å². The summed E-state index contributed by atoms with van der Waals surface area (Å²) in [6.07, 6.45) is 0. The molecule has 9 heteroatoms. The van der Waals surface area contributed by atoms with Gasteiger partial charge in [-0.05, 0) is 35.7 Å². The fourth-order valence-electron chi connectivity index (χ4n) is 2.43. The van der Waals surface area contributed by atoms with E-state index in [0.717, 1.165) is 14.4 Å².